The Morgan fingerprint density at radius 1 is 0.895 bits per heavy atom. The molecule has 0 aromatic heterocycles. The van der Waals surface area contributed by atoms with E-state index < -0.39 is 34.2 Å². The van der Waals surface area contributed by atoms with Gasteiger partial charge in [0.15, 0.2) is 0 Å². The SMILES string of the molecule is Cc1cc(F)ccc1C(Cl)c1c(F)cc(F)cc1F. The maximum absolute atomic E-state index is 13.6. The Morgan fingerprint density at radius 2 is 1.47 bits per heavy atom. The summed E-state index contributed by atoms with van der Waals surface area (Å²) in [4.78, 5) is 0. The van der Waals surface area contributed by atoms with Gasteiger partial charge in [0.05, 0.1) is 5.38 Å². The smallest absolute Gasteiger partial charge is 0.134 e. The molecule has 2 rings (SSSR count). The molecule has 0 aliphatic rings. The minimum Gasteiger partial charge on any atom is -0.207 e. The molecule has 19 heavy (non-hydrogen) atoms. The van der Waals surface area contributed by atoms with E-state index in [1.54, 1.807) is 6.92 Å². The fourth-order valence-electron chi connectivity index (χ4n) is 1.87. The zero-order chi connectivity index (χ0) is 14.2. The molecule has 1 unspecified atom stereocenters. The molecule has 0 fully saturated rings. The van der Waals surface area contributed by atoms with E-state index in [0.29, 0.717) is 23.3 Å². The highest BCUT2D eigenvalue weighted by Gasteiger charge is 2.22. The van der Waals surface area contributed by atoms with Gasteiger partial charge in [0.1, 0.15) is 23.3 Å². The quantitative estimate of drug-likeness (QED) is 0.546. The monoisotopic (exact) mass is 288 g/mol. The number of rotatable bonds is 2. The van der Waals surface area contributed by atoms with Crippen LogP contribution in [0.2, 0.25) is 0 Å². The first kappa shape index (κ1) is 13.9. The third-order valence-corrected chi connectivity index (χ3v) is 3.26. The number of alkyl halides is 1. The Hall–Kier alpha value is -1.55. The van der Waals surface area contributed by atoms with E-state index in [1.165, 1.54) is 12.1 Å². The second kappa shape index (κ2) is 5.21. The predicted octanol–water partition coefficient (Wildman–Crippen LogP) is 4.88. The molecule has 0 nitrogen and oxygen atoms in total. The van der Waals surface area contributed by atoms with Gasteiger partial charge in [-0.25, -0.2) is 17.6 Å². The molecule has 0 bridgehead atoms. The van der Waals surface area contributed by atoms with E-state index in [4.69, 9.17) is 11.6 Å². The fourth-order valence-corrected chi connectivity index (χ4v) is 2.33. The highest BCUT2D eigenvalue weighted by Crippen LogP contribution is 2.34. The molecule has 2 aromatic carbocycles. The van der Waals surface area contributed by atoms with Crippen molar-refractivity contribution in [2.45, 2.75) is 12.3 Å². The summed E-state index contributed by atoms with van der Waals surface area (Å²) >= 11 is 6.03. The standard InChI is InChI=1S/C14H9ClF4/c1-7-4-8(16)2-3-10(7)14(15)13-11(18)5-9(17)6-12(13)19/h2-6,14H,1H3. The van der Waals surface area contributed by atoms with Crippen LogP contribution >= 0.6 is 11.6 Å². The number of halogens is 5. The summed E-state index contributed by atoms with van der Waals surface area (Å²) in [7, 11) is 0. The molecular formula is C14H9ClF4. The van der Waals surface area contributed by atoms with Crippen LogP contribution < -0.4 is 0 Å². The van der Waals surface area contributed by atoms with Crippen molar-refractivity contribution >= 4 is 11.6 Å². The largest absolute Gasteiger partial charge is 0.207 e. The predicted molar refractivity (Wildman–Crippen MR) is 65.1 cm³/mol. The molecule has 1 atom stereocenters. The number of aryl methyl sites for hydroxylation is 1. The molecule has 100 valence electrons. The maximum Gasteiger partial charge on any atom is 0.134 e. The molecule has 0 N–H and O–H groups in total. The summed E-state index contributed by atoms with van der Waals surface area (Å²) in [5, 5.41) is -1.15. The van der Waals surface area contributed by atoms with E-state index in [0.717, 1.165) is 6.07 Å². The Morgan fingerprint density at radius 3 is 2.00 bits per heavy atom. The summed E-state index contributed by atoms with van der Waals surface area (Å²) in [6.07, 6.45) is 0. The van der Waals surface area contributed by atoms with Crippen LogP contribution in [0.25, 0.3) is 0 Å². The zero-order valence-electron chi connectivity index (χ0n) is 9.85. The normalized spacial score (nSPS) is 12.5. The van der Waals surface area contributed by atoms with Crippen LogP contribution in [0.4, 0.5) is 17.6 Å². The first-order chi connectivity index (χ1) is 8.90. The molecule has 0 aliphatic heterocycles. The van der Waals surface area contributed by atoms with Gasteiger partial charge in [-0.3, -0.25) is 0 Å². The van der Waals surface area contributed by atoms with Gasteiger partial charge in [-0.2, -0.15) is 0 Å². The average molecular weight is 289 g/mol. The molecular weight excluding hydrogens is 280 g/mol. The van der Waals surface area contributed by atoms with Crippen molar-refractivity contribution in [2.75, 3.05) is 0 Å². The van der Waals surface area contributed by atoms with Crippen molar-refractivity contribution < 1.29 is 17.6 Å². The first-order valence-corrected chi connectivity index (χ1v) is 5.88. The van der Waals surface area contributed by atoms with Crippen LogP contribution in [0.15, 0.2) is 30.3 Å². The van der Waals surface area contributed by atoms with Gasteiger partial charge < -0.3 is 0 Å². The molecule has 2 aromatic rings. The van der Waals surface area contributed by atoms with Gasteiger partial charge in [-0.1, -0.05) is 6.07 Å². The maximum atomic E-state index is 13.6. The minimum absolute atomic E-state index is 0.368. The van der Waals surface area contributed by atoms with Gasteiger partial charge in [-0.05, 0) is 30.2 Å². The molecule has 0 radical (unpaired) electrons. The second-order valence-corrected chi connectivity index (χ2v) is 4.58. The molecule has 5 heteroatoms. The number of benzene rings is 2. The van der Waals surface area contributed by atoms with Crippen LogP contribution in [0.5, 0.6) is 0 Å². The summed E-state index contributed by atoms with van der Waals surface area (Å²) in [6.45, 7) is 1.58. The topological polar surface area (TPSA) is 0 Å². The first-order valence-electron chi connectivity index (χ1n) is 5.44. The van der Waals surface area contributed by atoms with Crippen LogP contribution in [0.1, 0.15) is 22.1 Å². The van der Waals surface area contributed by atoms with Gasteiger partial charge in [0, 0.05) is 17.7 Å². The average Bonchev–Trinajstić information content (AvgIpc) is 2.26. The molecule has 0 aliphatic carbocycles. The van der Waals surface area contributed by atoms with Crippen molar-refractivity contribution in [3.05, 3.63) is 70.3 Å². The molecule has 0 saturated carbocycles. The highest BCUT2D eigenvalue weighted by atomic mass is 35.5. The molecule has 0 spiro atoms. The van der Waals surface area contributed by atoms with Crippen molar-refractivity contribution in [2.24, 2.45) is 0 Å². The lowest BCUT2D eigenvalue weighted by Gasteiger charge is -2.15. The highest BCUT2D eigenvalue weighted by molar-refractivity contribution is 6.22. The van der Waals surface area contributed by atoms with Crippen LogP contribution in [0.3, 0.4) is 0 Å². The van der Waals surface area contributed by atoms with Crippen molar-refractivity contribution in [1.82, 2.24) is 0 Å². The fraction of sp³-hybridized carbons (Fsp3) is 0.143. The van der Waals surface area contributed by atoms with Crippen molar-refractivity contribution in [1.29, 1.82) is 0 Å². The lowest BCUT2D eigenvalue weighted by molar-refractivity contribution is 0.526. The van der Waals surface area contributed by atoms with E-state index in [-0.39, 0.29) is 0 Å². The van der Waals surface area contributed by atoms with Crippen molar-refractivity contribution in [3.8, 4) is 0 Å². The molecule has 0 amide bonds. The Kier molecular flexibility index (Phi) is 3.80. The van der Waals surface area contributed by atoms with E-state index in [2.05, 4.69) is 0 Å². The number of hydrogen-bond donors (Lipinski definition) is 0. The summed E-state index contributed by atoms with van der Waals surface area (Å²) < 4.78 is 53.1. The van der Waals surface area contributed by atoms with Crippen molar-refractivity contribution in [3.63, 3.8) is 0 Å². The lowest BCUT2D eigenvalue weighted by Crippen LogP contribution is -2.04. The van der Waals surface area contributed by atoms with Gasteiger partial charge in [0.25, 0.3) is 0 Å². The summed E-state index contributed by atoms with van der Waals surface area (Å²) in [5.74, 6) is -3.62. The Bertz CT molecular complexity index is 602. The van der Waals surface area contributed by atoms with Gasteiger partial charge in [0.2, 0.25) is 0 Å². The summed E-state index contributed by atoms with van der Waals surface area (Å²) in [5.41, 5.74) is 0.383. The van der Waals surface area contributed by atoms with E-state index in [1.807, 2.05) is 0 Å². The van der Waals surface area contributed by atoms with Crippen LogP contribution in [-0.4, -0.2) is 0 Å². The van der Waals surface area contributed by atoms with Crippen LogP contribution in [-0.2, 0) is 0 Å². The zero-order valence-corrected chi connectivity index (χ0v) is 10.6. The third kappa shape index (κ3) is 2.73. The third-order valence-electron chi connectivity index (χ3n) is 2.80. The Labute approximate surface area is 112 Å². The second-order valence-electron chi connectivity index (χ2n) is 4.15. The van der Waals surface area contributed by atoms with Gasteiger partial charge >= 0.3 is 0 Å². The summed E-state index contributed by atoms with van der Waals surface area (Å²) in [6, 6.07) is 4.84. The lowest BCUT2D eigenvalue weighted by atomic mass is 9.99. The Balaban J connectivity index is 2.53. The molecule has 0 heterocycles. The molecule has 0 saturated heterocycles. The van der Waals surface area contributed by atoms with E-state index in [9.17, 15) is 17.6 Å². The minimum atomic E-state index is -1.15. The van der Waals surface area contributed by atoms with E-state index >= 15 is 0 Å². The van der Waals surface area contributed by atoms with Crippen LogP contribution in [0, 0.1) is 30.2 Å². The van der Waals surface area contributed by atoms with Gasteiger partial charge in [-0.15, -0.1) is 11.6 Å². The number of hydrogen-bond acceptors (Lipinski definition) is 0.